The van der Waals surface area contributed by atoms with Crippen LogP contribution in [-0.2, 0) is 9.59 Å². The highest BCUT2D eigenvalue weighted by molar-refractivity contribution is 6.06. The van der Waals surface area contributed by atoms with Crippen LogP contribution >= 0.6 is 0 Å². The van der Waals surface area contributed by atoms with Crippen LogP contribution in [0.25, 0.3) is 0 Å². The van der Waals surface area contributed by atoms with Gasteiger partial charge in [0.25, 0.3) is 5.91 Å². The number of unbranched alkanes of at least 4 members (excludes halogenated alkanes) is 1. The summed E-state index contributed by atoms with van der Waals surface area (Å²) in [5, 5.41) is 5.11. The van der Waals surface area contributed by atoms with E-state index in [9.17, 15) is 14.4 Å². The molecule has 6 heteroatoms. The Morgan fingerprint density at radius 2 is 2.19 bits per heavy atom. The number of hydrogen-bond acceptors (Lipinski definition) is 3. The van der Waals surface area contributed by atoms with Gasteiger partial charge in [-0.3, -0.25) is 14.5 Å². The Morgan fingerprint density at radius 3 is 2.69 bits per heavy atom. The molecule has 0 aromatic carbocycles. The van der Waals surface area contributed by atoms with Gasteiger partial charge in [0.15, 0.2) is 0 Å². The molecule has 1 saturated heterocycles. The molecule has 0 bridgehead atoms. The third kappa shape index (κ3) is 2.95. The van der Waals surface area contributed by atoms with Crippen molar-refractivity contribution < 1.29 is 14.4 Å². The lowest BCUT2D eigenvalue weighted by Gasteiger charge is -2.11. The molecule has 1 fully saturated rings. The number of carbonyl (C=O) groups is 3. The highest BCUT2D eigenvalue weighted by atomic mass is 16.2. The Hall–Kier alpha value is -1.59. The Balaban J connectivity index is 2.35. The predicted octanol–water partition coefficient (Wildman–Crippen LogP) is -0.157. The lowest BCUT2D eigenvalue weighted by Crippen LogP contribution is -2.45. The first-order valence-electron chi connectivity index (χ1n) is 5.41. The number of nitrogens with one attached hydrogen (secondary N) is 2. The van der Waals surface area contributed by atoms with Crippen molar-refractivity contribution in [2.24, 2.45) is 0 Å². The van der Waals surface area contributed by atoms with Gasteiger partial charge in [-0.2, -0.15) is 0 Å². The maximum Gasteiger partial charge on any atom is 0.315 e. The summed E-state index contributed by atoms with van der Waals surface area (Å²) in [6.45, 7) is 2.60. The molecule has 0 aliphatic carbocycles. The first-order valence-corrected chi connectivity index (χ1v) is 5.41. The van der Waals surface area contributed by atoms with Gasteiger partial charge in [-0.25, -0.2) is 4.79 Å². The van der Waals surface area contributed by atoms with Crippen LogP contribution in [0, 0.1) is 0 Å². The van der Waals surface area contributed by atoms with Crippen molar-refractivity contribution in [3.05, 3.63) is 0 Å². The monoisotopic (exact) mass is 227 g/mol. The van der Waals surface area contributed by atoms with Crippen LogP contribution in [0.1, 0.15) is 26.2 Å². The molecule has 16 heavy (non-hydrogen) atoms. The smallest absolute Gasteiger partial charge is 0.315 e. The number of hydrogen-bond donors (Lipinski definition) is 2. The van der Waals surface area contributed by atoms with Gasteiger partial charge in [-0.05, 0) is 6.42 Å². The topological polar surface area (TPSA) is 78.5 Å². The minimum atomic E-state index is -0.709. The number of likely N-dealkylation sites (N-methyl/N-ethyl adjacent to an activating group) is 1. The number of urea groups is 1. The summed E-state index contributed by atoms with van der Waals surface area (Å²) in [5.74, 6) is -0.612. The molecule has 1 aliphatic rings. The van der Waals surface area contributed by atoms with Crippen LogP contribution in [0.3, 0.4) is 0 Å². The minimum Gasteiger partial charge on any atom is -0.338 e. The molecule has 0 saturated carbocycles. The van der Waals surface area contributed by atoms with E-state index in [-0.39, 0.29) is 18.2 Å². The Kier molecular flexibility index (Phi) is 4.28. The average molecular weight is 227 g/mol. The van der Waals surface area contributed by atoms with Crippen molar-refractivity contribution in [1.29, 1.82) is 0 Å². The lowest BCUT2D eigenvalue weighted by atomic mass is 10.2. The van der Waals surface area contributed by atoms with Crippen molar-refractivity contribution in [3.8, 4) is 0 Å². The number of rotatable bonds is 4. The first-order chi connectivity index (χ1) is 7.56. The van der Waals surface area contributed by atoms with Crippen LogP contribution in [0.5, 0.6) is 0 Å². The maximum atomic E-state index is 11.4. The molecule has 2 N–H and O–H groups in total. The fourth-order valence-corrected chi connectivity index (χ4v) is 1.46. The van der Waals surface area contributed by atoms with Crippen LogP contribution in [0.15, 0.2) is 0 Å². The molecule has 0 aromatic heterocycles. The third-order valence-corrected chi connectivity index (χ3v) is 2.50. The summed E-state index contributed by atoms with van der Waals surface area (Å²) in [7, 11) is 1.42. The second-order valence-electron chi connectivity index (χ2n) is 3.80. The molecule has 90 valence electrons. The zero-order valence-corrected chi connectivity index (χ0v) is 9.58. The van der Waals surface area contributed by atoms with Gasteiger partial charge < -0.3 is 10.6 Å². The normalized spacial score (nSPS) is 20.1. The van der Waals surface area contributed by atoms with Crippen molar-refractivity contribution in [1.82, 2.24) is 15.5 Å². The van der Waals surface area contributed by atoms with E-state index < -0.39 is 12.1 Å². The average Bonchev–Trinajstić information content (AvgIpc) is 2.47. The van der Waals surface area contributed by atoms with Crippen LogP contribution in [0.4, 0.5) is 4.79 Å². The number of nitrogens with zero attached hydrogens (tertiary/aromatic N) is 1. The molecule has 1 aliphatic heterocycles. The molecule has 1 atom stereocenters. The van der Waals surface area contributed by atoms with E-state index in [2.05, 4.69) is 10.6 Å². The predicted molar refractivity (Wildman–Crippen MR) is 57.6 cm³/mol. The highest BCUT2D eigenvalue weighted by Crippen LogP contribution is 2.09. The molecule has 6 nitrogen and oxygen atoms in total. The fourth-order valence-electron chi connectivity index (χ4n) is 1.46. The summed E-state index contributed by atoms with van der Waals surface area (Å²) in [4.78, 5) is 35.0. The van der Waals surface area contributed by atoms with E-state index >= 15 is 0 Å². The van der Waals surface area contributed by atoms with E-state index in [1.807, 2.05) is 6.92 Å². The zero-order chi connectivity index (χ0) is 12.1. The molecule has 1 heterocycles. The molecule has 1 rings (SSSR count). The molecule has 0 aromatic rings. The highest BCUT2D eigenvalue weighted by Gasteiger charge is 2.36. The lowest BCUT2D eigenvalue weighted by molar-refractivity contribution is -0.137. The molecule has 4 amide bonds. The Labute approximate surface area is 94.4 Å². The number of amides is 4. The van der Waals surface area contributed by atoms with Gasteiger partial charge in [0.2, 0.25) is 5.91 Å². The summed E-state index contributed by atoms with van der Waals surface area (Å²) in [5.41, 5.74) is 0. The minimum absolute atomic E-state index is 0.0521. The maximum absolute atomic E-state index is 11.4. The van der Waals surface area contributed by atoms with Gasteiger partial charge in [-0.1, -0.05) is 13.3 Å². The Morgan fingerprint density at radius 1 is 1.50 bits per heavy atom. The van der Waals surface area contributed by atoms with Gasteiger partial charge >= 0.3 is 6.03 Å². The summed E-state index contributed by atoms with van der Waals surface area (Å²) in [6.07, 6.45) is 1.94. The molecule has 1 unspecified atom stereocenters. The molecular weight excluding hydrogens is 210 g/mol. The van der Waals surface area contributed by atoms with Gasteiger partial charge in [0, 0.05) is 13.6 Å². The van der Waals surface area contributed by atoms with Crippen LogP contribution < -0.4 is 10.6 Å². The van der Waals surface area contributed by atoms with Crippen molar-refractivity contribution in [3.63, 3.8) is 0 Å². The van der Waals surface area contributed by atoms with Crippen molar-refractivity contribution >= 4 is 17.8 Å². The number of imide groups is 1. The summed E-state index contributed by atoms with van der Waals surface area (Å²) in [6, 6.07) is -1.10. The number of likely N-dealkylation sites (tertiary alicyclic amines) is 1. The van der Waals surface area contributed by atoms with Crippen LogP contribution in [-0.4, -0.2) is 42.4 Å². The van der Waals surface area contributed by atoms with Crippen molar-refractivity contribution in [2.45, 2.75) is 32.2 Å². The van der Waals surface area contributed by atoms with E-state index in [0.29, 0.717) is 6.54 Å². The van der Waals surface area contributed by atoms with E-state index in [1.165, 1.54) is 7.05 Å². The third-order valence-electron chi connectivity index (χ3n) is 2.50. The molecule has 0 spiro atoms. The Bertz CT molecular complexity index is 304. The fraction of sp³-hybridized carbons (Fsp3) is 0.700. The first kappa shape index (κ1) is 12.5. The molecule has 0 radical (unpaired) electrons. The van der Waals surface area contributed by atoms with Gasteiger partial charge in [0.05, 0.1) is 6.42 Å². The van der Waals surface area contributed by atoms with E-state index in [1.54, 1.807) is 0 Å². The van der Waals surface area contributed by atoms with Crippen LogP contribution in [0.2, 0.25) is 0 Å². The zero-order valence-electron chi connectivity index (χ0n) is 9.58. The number of carbonyl (C=O) groups excluding carboxylic acids is 3. The second-order valence-corrected chi connectivity index (χ2v) is 3.80. The SMILES string of the molecule is CCCCNC(=O)NC1CC(=O)N(C)C1=O. The molecular formula is C10H17N3O3. The standard InChI is InChI=1S/C10H17N3O3/c1-3-4-5-11-10(16)12-7-6-8(14)13(2)9(7)15/h7H,3-6H2,1-2H3,(H2,11,12,16). The van der Waals surface area contributed by atoms with Gasteiger partial charge in [-0.15, -0.1) is 0 Å². The van der Waals surface area contributed by atoms with E-state index in [4.69, 9.17) is 0 Å². The van der Waals surface area contributed by atoms with Gasteiger partial charge in [0.1, 0.15) is 6.04 Å². The summed E-state index contributed by atoms with van der Waals surface area (Å²) < 4.78 is 0. The van der Waals surface area contributed by atoms with Crippen molar-refractivity contribution in [2.75, 3.05) is 13.6 Å². The second kappa shape index (κ2) is 5.48. The summed E-state index contributed by atoms with van der Waals surface area (Å²) >= 11 is 0. The quantitative estimate of drug-likeness (QED) is 0.517. The van der Waals surface area contributed by atoms with E-state index in [0.717, 1.165) is 17.7 Å². The largest absolute Gasteiger partial charge is 0.338 e.